The summed E-state index contributed by atoms with van der Waals surface area (Å²) < 4.78 is 19.7. The van der Waals surface area contributed by atoms with E-state index in [1.165, 1.54) is 34.4 Å². The third-order valence-corrected chi connectivity index (χ3v) is 7.39. The molecule has 4 aromatic carbocycles. The van der Waals surface area contributed by atoms with Crippen molar-refractivity contribution in [3.8, 4) is 22.5 Å². The number of aromatic nitrogens is 2. The zero-order chi connectivity index (χ0) is 29.1. The van der Waals surface area contributed by atoms with Crippen LogP contribution in [0.5, 0.6) is 0 Å². The summed E-state index contributed by atoms with van der Waals surface area (Å²) in [4.78, 5) is 8.91. The Morgan fingerprint density at radius 3 is 2.30 bits per heavy atom. The quantitative estimate of drug-likeness (QED) is 0.169. The van der Waals surface area contributed by atoms with Crippen LogP contribution in [0.15, 0.2) is 120 Å². The normalized spacial score (nSPS) is 11.4. The van der Waals surface area contributed by atoms with Crippen molar-refractivity contribution >= 4 is 21.9 Å². The number of pyridine rings is 2. The van der Waals surface area contributed by atoms with E-state index in [4.69, 9.17) is 4.42 Å². The van der Waals surface area contributed by atoms with Crippen LogP contribution in [0.4, 0.5) is 4.39 Å². The molecule has 0 aliphatic rings. The van der Waals surface area contributed by atoms with Crippen LogP contribution < -0.4 is 0 Å². The van der Waals surface area contributed by atoms with Gasteiger partial charge >= 0.3 is 0 Å². The molecule has 0 aliphatic carbocycles. The van der Waals surface area contributed by atoms with E-state index in [1.807, 2.05) is 61.8 Å². The minimum atomic E-state index is -0.276. The van der Waals surface area contributed by atoms with E-state index in [-0.39, 0.29) is 31.8 Å². The van der Waals surface area contributed by atoms with Crippen LogP contribution in [-0.2, 0) is 20.1 Å². The predicted molar refractivity (Wildman–Crippen MR) is 168 cm³/mol. The summed E-state index contributed by atoms with van der Waals surface area (Å²) in [5, 5.41) is 1.63. The number of hydrogen-bond donors (Lipinski definition) is 0. The second-order valence-corrected chi connectivity index (χ2v) is 10.4. The van der Waals surface area contributed by atoms with Crippen LogP contribution in [0.3, 0.4) is 0 Å². The Bertz CT molecular complexity index is 1920. The Hall–Kier alpha value is -4.44. The van der Waals surface area contributed by atoms with Gasteiger partial charge in [0, 0.05) is 43.8 Å². The van der Waals surface area contributed by atoms with Crippen molar-refractivity contribution in [3.05, 3.63) is 156 Å². The van der Waals surface area contributed by atoms with Crippen molar-refractivity contribution in [2.75, 3.05) is 0 Å². The van der Waals surface area contributed by atoms with E-state index in [9.17, 15) is 4.39 Å². The second kappa shape index (κ2) is 13.2. The fraction of sp³-hybridized carbons (Fsp3) is 0.105. The van der Waals surface area contributed by atoms with Gasteiger partial charge in [-0.2, -0.15) is 0 Å². The van der Waals surface area contributed by atoms with Gasteiger partial charge in [-0.25, -0.2) is 4.39 Å². The first-order valence-electron chi connectivity index (χ1n) is 13.9. The van der Waals surface area contributed by atoms with Crippen LogP contribution >= 0.6 is 0 Å². The first kappa shape index (κ1) is 30.0. The maximum absolute atomic E-state index is 13.7. The van der Waals surface area contributed by atoms with Gasteiger partial charge in [-0.05, 0) is 59.3 Å². The molecule has 7 rings (SSSR count). The molecule has 0 saturated carbocycles. The third kappa shape index (κ3) is 6.64. The number of furan rings is 1. The molecule has 43 heavy (non-hydrogen) atoms. The number of aryl methyl sites for hydroxylation is 2. The van der Waals surface area contributed by atoms with Crippen LogP contribution in [0.25, 0.3) is 44.5 Å². The zero-order valence-electron chi connectivity index (χ0n) is 24.1. The number of benzene rings is 4. The maximum atomic E-state index is 13.7. The van der Waals surface area contributed by atoms with E-state index in [0.29, 0.717) is 11.2 Å². The molecule has 1 unspecified atom stereocenters. The van der Waals surface area contributed by atoms with Crippen molar-refractivity contribution in [2.45, 2.75) is 26.7 Å². The molecule has 3 aromatic heterocycles. The Labute approximate surface area is 264 Å². The van der Waals surface area contributed by atoms with Crippen molar-refractivity contribution in [1.29, 1.82) is 0 Å². The number of halogens is 1. The summed E-state index contributed by atoms with van der Waals surface area (Å²) in [6.07, 6.45) is 3.70. The largest absolute Gasteiger partial charge is 0.501 e. The Morgan fingerprint density at radius 2 is 1.56 bits per heavy atom. The van der Waals surface area contributed by atoms with Gasteiger partial charge in [-0.1, -0.05) is 73.3 Å². The molecule has 0 N–H and O–H groups in total. The average Bonchev–Trinajstić information content (AvgIpc) is 3.40. The summed E-state index contributed by atoms with van der Waals surface area (Å²) in [5.74, 6) is -0.0340. The summed E-state index contributed by atoms with van der Waals surface area (Å²) in [7, 11) is 0. The summed E-state index contributed by atoms with van der Waals surface area (Å²) in [6.45, 7) is 6.28. The van der Waals surface area contributed by atoms with Gasteiger partial charge in [0.2, 0.25) is 0 Å². The molecule has 0 aliphatic heterocycles. The Morgan fingerprint density at radius 1 is 0.744 bits per heavy atom. The van der Waals surface area contributed by atoms with Crippen molar-refractivity contribution in [1.82, 2.24) is 9.97 Å². The molecule has 215 valence electrons. The van der Waals surface area contributed by atoms with Gasteiger partial charge in [0.1, 0.15) is 11.4 Å². The number of hydrogen-bond acceptors (Lipinski definition) is 3. The van der Waals surface area contributed by atoms with Gasteiger partial charge in [0.25, 0.3) is 0 Å². The zero-order valence-corrected chi connectivity index (χ0v) is 26.5. The summed E-state index contributed by atoms with van der Waals surface area (Å²) in [6, 6.07) is 39.5. The third-order valence-electron chi connectivity index (χ3n) is 7.39. The number of rotatable bonds is 4. The standard InChI is InChI=1S/C25H17FNO.C13H12N.Ir/c1-16(17-6-3-2-4-7-17)18-12-13-27-23(14-18)21-9-5-8-20-22-15-19(26)10-11-24(22)28-25(20)21;1-10-3-6-12(7-4-10)13-8-5-11(2)9-14-13;/h2-8,10-16H,1H3;3-6,8-9H,1-2H3;/q2*-1;. The van der Waals surface area contributed by atoms with Gasteiger partial charge in [-0.3, -0.25) is 0 Å². The summed E-state index contributed by atoms with van der Waals surface area (Å²) in [5.41, 5.74) is 9.78. The number of fused-ring (bicyclic) bond motifs is 3. The molecule has 0 amide bonds. The fourth-order valence-corrected chi connectivity index (χ4v) is 4.98. The average molecular weight is 741 g/mol. The van der Waals surface area contributed by atoms with Crippen molar-refractivity contribution < 1.29 is 28.9 Å². The van der Waals surface area contributed by atoms with Gasteiger partial charge < -0.3 is 14.4 Å². The molecule has 3 heterocycles. The topological polar surface area (TPSA) is 38.9 Å². The van der Waals surface area contributed by atoms with Crippen molar-refractivity contribution in [2.24, 2.45) is 0 Å². The minimum Gasteiger partial charge on any atom is -0.501 e. The van der Waals surface area contributed by atoms with E-state index in [0.717, 1.165) is 33.3 Å². The Balaban J connectivity index is 0.000000208. The minimum absolute atomic E-state index is 0. The van der Waals surface area contributed by atoms with Gasteiger partial charge in [0.15, 0.2) is 0 Å². The van der Waals surface area contributed by atoms with Gasteiger partial charge in [-0.15, -0.1) is 53.6 Å². The molecule has 0 spiro atoms. The van der Waals surface area contributed by atoms with E-state index in [1.54, 1.807) is 6.07 Å². The van der Waals surface area contributed by atoms with Crippen molar-refractivity contribution in [3.63, 3.8) is 0 Å². The van der Waals surface area contributed by atoms with Crippen LogP contribution in [0.1, 0.15) is 35.1 Å². The predicted octanol–water partition coefficient (Wildman–Crippen LogP) is 9.90. The summed E-state index contributed by atoms with van der Waals surface area (Å²) >= 11 is 0. The van der Waals surface area contributed by atoms with Crippen LogP contribution in [0, 0.1) is 31.8 Å². The number of nitrogens with zero attached hydrogens (tertiary/aromatic N) is 2. The SMILES string of the molecule is CC(c1ccccc1)c1ccnc(-c2[c-]ccc3c2oc2ccc(F)cc23)c1.Cc1c[c-]c(-c2ccc(C)cn2)cc1.[Ir]. The fourth-order valence-electron chi connectivity index (χ4n) is 4.98. The van der Waals surface area contributed by atoms with E-state index in [2.05, 4.69) is 78.4 Å². The maximum Gasteiger partial charge on any atom is 0.124 e. The second-order valence-electron chi connectivity index (χ2n) is 10.4. The molecular weight excluding hydrogens is 712 g/mol. The Kier molecular flexibility index (Phi) is 9.25. The molecule has 5 heteroatoms. The first-order valence-corrected chi connectivity index (χ1v) is 13.9. The molecule has 0 saturated heterocycles. The molecule has 7 aromatic rings. The molecule has 0 fully saturated rings. The van der Waals surface area contributed by atoms with E-state index >= 15 is 0 Å². The molecule has 1 radical (unpaired) electrons. The monoisotopic (exact) mass is 741 g/mol. The molecule has 3 nitrogen and oxygen atoms in total. The molecular formula is C38H29FIrN2O-2. The van der Waals surface area contributed by atoms with Crippen LogP contribution in [0.2, 0.25) is 0 Å². The molecule has 0 bridgehead atoms. The van der Waals surface area contributed by atoms with E-state index < -0.39 is 0 Å². The van der Waals surface area contributed by atoms with Gasteiger partial charge in [0.05, 0.1) is 5.58 Å². The van der Waals surface area contributed by atoms with Crippen LogP contribution in [-0.4, -0.2) is 9.97 Å². The first-order chi connectivity index (χ1) is 20.5. The smallest absolute Gasteiger partial charge is 0.124 e. The molecule has 1 atom stereocenters.